The SMILES string of the molecule is Cc1cccc(N2CC[C@@H](S(=O)(=O)NC(C)C)C2)n1. The Bertz CT molecular complexity index is 543. The van der Waals surface area contributed by atoms with E-state index in [9.17, 15) is 8.42 Å². The fraction of sp³-hybridized carbons (Fsp3) is 0.615. The van der Waals surface area contributed by atoms with Gasteiger partial charge >= 0.3 is 0 Å². The molecule has 5 nitrogen and oxygen atoms in total. The molecule has 19 heavy (non-hydrogen) atoms. The molecule has 0 aromatic carbocycles. The van der Waals surface area contributed by atoms with Crippen LogP contribution in [-0.2, 0) is 10.0 Å². The van der Waals surface area contributed by atoms with E-state index in [0.717, 1.165) is 18.1 Å². The van der Waals surface area contributed by atoms with Crippen LogP contribution in [0.1, 0.15) is 26.0 Å². The molecule has 1 N–H and O–H groups in total. The standard InChI is InChI=1S/C13H21N3O2S/c1-10(2)15-19(17,18)12-7-8-16(9-12)13-6-4-5-11(3)14-13/h4-6,10,12,15H,7-9H2,1-3H3/t12-/m1/s1. The largest absolute Gasteiger partial charge is 0.355 e. The number of nitrogens with zero attached hydrogens (tertiary/aromatic N) is 2. The predicted molar refractivity (Wildman–Crippen MR) is 76.8 cm³/mol. The maximum atomic E-state index is 12.1. The zero-order valence-corrected chi connectivity index (χ0v) is 12.4. The van der Waals surface area contributed by atoms with Crippen LogP contribution in [-0.4, -0.2) is 37.8 Å². The van der Waals surface area contributed by atoms with E-state index >= 15 is 0 Å². The van der Waals surface area contributed by atoms with Gasteiger partial charge in [-0.3, -0.25) is 0 Å². The summed E-state index contributed by atoms with van der Waals surface area (Å²) in [5.74, 6) is 0.863. The van der Waals surface area contributed by atoms with Crippen LogP contribution in [0.25, 0.3) is 0 Å². The summed E-state index contributed by atoms with van der Waals surface area (Å²) in [4.78, 5) is 6.48. The summed E-state index contributed by atoms with van der Waals surface area (Å²) in [6, 6.07) is 5.76. The Kier molecular flexibility index (Phi) is 4.10. The van der Waals surface area contributed by atoms with Gasteiger partial charge in [0, 0.05) is 24.8 Å². The molecule has 106 valence electrons. The Morgan fingerprint density at radius 2 is 2.16 bits per heavy atom. The second-order valence-corrected chi connectivity index (χ2v) is 7.30. The lowest BCUT2D eigenvalue weighted by atomic mass is 10.3. The number of hydrogen-bond acceptors (Lipinski definition) is 4. The summed E-state index contributed by atoms with van der Waals surface area (Å²) in [6.07, 6.45) is 0.650. The van der Waals surface area contributed by atoms with Crippen molar-refractivity contribution in [3.05, 3.63) is 23.9 Å². The molecule has 1 aromatic rings. The van der Waals surface area contributed by atoms with Crippen LogP contribution in [0.2, 0.25) is 0 Å². The lowest BCUT2D eigenvalue weighted by molar-refractivity contribution is 0.557. The van der Waals surface area contributed by atoms with Gasteiger partial charge in [-0.15, -0.1) is 0 Å². The molecule has 1 fully saturated rings. The number of sulfonamides is 1. The van der Waals surface area contributed by atoms with Crippen LogP contribution >= 0.6 is 0 Å². The number of nitrogens with one attached hydrogen (secondary N) is 1. The predicted octanol–water partition coefficient (Wildman–Crippen LogP) is 1.30. The molecule has 0 radical (unpaired) electrons. The van der Waals surface area contributed by atoms with Crippen molar-refractivity contribution in [1.29, 1.82) is 0 Å². The minimum absolute atomic E-state index is 0.0591. The molecule has 0 saturated carbocycles. The van der Waals surface area contributed by atoms with Gasteiger partial charge in [-0.2, -0.15) is 0 Å². The average Bonchev–Trinajstić information content (AvgIpc) is 2.77. The first-order valence-electron chi connectivity index (χ1n) is 6.58. The molecule has 0 aliphatic carbocycles. The third-order valence-electron chi connectivity index (χ3n) is 3.18. The molecular weight excluding hydrogens is 262 g/mol. The Morgan fingerprint density at radius 3 is 2.79 bits per heavy atom. The van der Waals surface area contributed by atoms with Crippen molar-refractivity contribution in [3.8, 4) is 0 Å². The smallest absolute Gasteiger partial charge is 0.216 e. The van der Waals surface area contributed by atoms with E-state index in [4.69, 9.17) is 0 Å². The molecule has 1 aromatic heterocycles. The van der Waals surface area contributed by atoms with Gasteiger partial charge in [0.2, 0.25) is 10.0 Å². The third kappa shape index (κ3) is 3.45. The van der Waals surface area contributed by atoms with Crippen molar-refractivity contribution in [2.45, 2.75) is 38.5 Å². The van der Waals surface area contributed by atoms with E-state index in [2.05, 4.69) is 9.71 Å². The Hall–Kier alpha value is -1.14. The maximum Gasteiger partial charge on any atom is 0.216 e. The normalized spacial score (nSPS) is 20.2. The van der Waals surface area contributed by atoms with Gasteiger partial charge < -0.3 is 4.90 Å². The molecule has 0 amide bonds. The zero-order valence-electron chi connectivity index (χ0n) is 11.6. The highest BCUT2D eigenvalue weighted by molar-refractivity contribution is 7.90. The number of aryl methyl sites for hydroxylation is 1. The van der Waals surface area contributed by atoms with Gasteiger partial charge in [-0.05, 0) is 39.3 Å². The quantitative estimate of drug-likeness (QED) is 0.904. The minimum Gasteiger partial charge on any atom is -0.355 e. The molecule has 1 saturated heterocycles. The number of anilines is 1. The van der Waals surface area contributed by atoms with Crippen LogP contribution in [0.15, 0.2) is 18.2 Å². The van der Waals surface area contributed by atoms with E-state index in [1.807, 2.05) is 43.9 Å². The van der Waals surface area contributed by atoms with Crippen molar-refractivity contribution in [1.82, 2.24) is 9.71 Å². The molecular formula is C13H21N3O2S. The van der Waals surface area contributed by atoms with Crippen LogP contribution in [0.3, 0.4) is 0 Å². The first-order chi connectivity index (χ1) is 8.88. The van der Waals surface area contributed by atoms with Gasteiger partial charge in [0.05, 0.1) is 5.25 Å². The molecule has 0 unspecified atom stereocenters. The summed E-state index contributed by atoms with van der Waals surface area (Å²) in [6.45, 7) is 6.87. The Balaban J connectivity index is 2.08. The molecule has 1 aliphatic heterocycles. The number of rotatable bonds is 4. The van der Waals surface area contributed by atoms with Gasteiger partial charge in [-0.1, -0.05) is 6.07 Å². The maximum absolute atomic E-state index is 12.1. The Morgan fingerprint density at radius 1 is 1.42 bits per heavy atom. The topological polar surface area (TPSA) is 62.3 Å². The highest BCUT2D eigenvalue weighted by atomic mass is 32.2. The highest BCUT2D eigenvalue weighted by Crippen LogP contribution is 2.22. The van der Waals surface area contributed by atoms with Gasteiger partial charge in [-0.25, -0.2) is 18.1 Å². The van der Waals surface area contributed by atoms with Crippen molar-refractivity contribution < 1.29 is 8.42 Å². The minimum atomic E-state index is -3.23. The summed E-state index contributed by atoms with van der Waals surface area (Å²) in [5.41, 5.74) is 0.948. The van der Waals surface area contributed by atoms with Crippen molar-refractivity contribution >= 4 is 15.8 Å². The monoisotopic (exact) mass is 283 g/mol. The number of pyridine rings is 1. The summed E-state index contributed by atoms with van der Waals surface area (Å²) in [5, 5.41) is -0.350. The number of hydrogen-bond donors (Lipinski definition) is 1. The summed E-state index contributed by atoms with van der Waals surface area (Å²) < 4.78 is 26.9. The third-order valence-corrected chi connectivity index (χ3v) is 5.24. The van der Waals surface area contributed by atoms with Crippen LogP contribution in [0.4, 0.5) is 5.82 Å². The first kappa shape index (κ1) is 14.3. The second kappa shape index (κ2) is 5.46. The fourth-order valence-corrected chi connectivity index (χ4v) is 3.96. The van der Waals surface area contributed by atoms with Gasteiger partial charge in [0.1, 0.15) is 5.82 Å². The van der Waals surface area contributed by atoms with Crippen LogP contribution in [0, 0.1) is 6.92 Å². The van der Waals surface area contributed by atoms with E-state index in [1.54, 1.807) is 0 Å². The van der Waals surface area contributed by atoms with Crippen LogP contribution < -0.4 is 9.62 Å². The summed E-state index contributed by atoms with van der Waals surface area (Å²) in [7, 11) is -3.23. The van der Waals surface area contributed by atoms with E-state index in [0.29, 0.717) is 13.0 Å². The molecule has 2 heterocycles. The van der Waals surface area contributed by atoms with Crippen molar-refractivity contribution in [2.75, 3.05) is 18.0 Å². The van der Waals surface area contributed by atoms with Crippen molar-refractivity contribution in [2.24, 2.45) is 0 Å². The molecule has 6 heteroatoms. The molecule has 1 atom stereocenters. The van der Waals surface area contributed by atoms with E-state index in [1.165, 1.54) is 0 Å². The lowest BCUT2D eigenvalue weighted by Crippen LogP contribution is -2.39. The fourth-order valence-electron chi connectivity index (χ4n) is 2.32. The molecule has 0 bridgehead atoms. The lowest BCUT2D eigenvalue weighted by Gasteiger charge is -2.18. The zero-order chi connectivity index (χ0) is 14.0. The number of aromatic nitrogens is 1. The molecule has 0 spiro atoms. The average molecular weight is 283 g/mol. The van der Waals surface area contributed by atoms with Gasteiger partial charge in [0.15, 0.2) is 0 Å². The summed E-state index contributed by atoms with van der Waals surface area (Å²) >= 11 is 0. The Labute approximate surface area is 115 Å². The molecule has 2 rings (SSSR count). The first-order valence-corrected chi connectivity index (χ1v) is 8.13. The van der Waals surface area contributed by atoms with Crippen molar-refractivity contribution in [3.63, 3.8) is 0 Å². The second-order valence-electron chi connectivity index (χ2n) is 5.31. The molecule has 1 aliphatic rings. The van der Waals surface area contributed by atoms with E-state index < -0.39 is 10.0 Å². The van der Waals surface area contributed by atoms with Gasteiger partial charge in [0.25, 0.3) is 0 Å². The van der Waals surface area contributed by atoms with Crippen LogP contribution in [0.5, 0.6) is 0 Å². The highest BCUT2D eigenvalue weighted by Gasteiger charge is 2.33. The van der Waals surface area contributed by atoms with E-state index in [-0.39, 0.29) is 11.3 Å².